The van der Waals surface area contributed by atoms with Gasteiger partial charge in [0.15, 0.2) is 0 Å². The number of fused-ring (bicyclic) bond motifs is 3. The molecule has 0 spiro atoms. The topological polar surface area (TPSA) is 110 Å². The summed E-state index contributed by atoms with van der Waals surface area (Å²) in [5.74, 6) is 0.167. The first-order chi connectivity index (χ1) is 14.4. The molecule has 0 amide bonds. The van der Waals surface area contributed by atoms with Gasteiger partial charge in [0.1, 0.15) is 12.1 Å². The van der Waals surface area contributed by atoms with Gasteiger partial charge in [-0.25, -0.2) is 0 Å². The van der Waals surface area contributed by atoms with E-state index in [9.17, 15) is 19.8 Å². The normalized spacial score (nSPS) is 46.6. The quantitative estimate of drug-likeness (QED) is 0.429. The van der Waals surface area contributed by atoms with Crippen LogP contribution in [0.25, 0.3) is 0 Å². The van der Waals surface area contributed by atoms with Crippen molar-refractivity contribution in [2.75, 3.05) is 0 Å². The lowest BCUT2D eigenvalue weighted by atomic mass is 9.46. The summed E-state index contributed by atoms with van der Waals surface area (Å²) in [7, 11) is 0. The fourth-order valence-electron chi connectivity index (χ4n) is 7.89. The summed E-state index contributed by atoms with van der Waals surface area (Å²) >= 11 is 6.94. The number of hydrogen-bond acceptors (Lipinski definition) is 5. The number of alkyl halides is 1. The van der Waals surface area contributed by atoms with Crippen LogP contribution in [0.4, 0.5) is 0 Å². The molecule has 0 radical (unpaired) electrons. The van der Waals surface area contributed by atoms with E-state index in [0.29, 0.717) is 24.2 Å². The van der Waals surface area contributed by atoms with E-state index < -0.39 is 35.6 Å². The number of carbonyl (C=O) groups excluding carboxylic acids is 1. The molecule has 0 saturated heterocycles. The van der Waals surface area contributed by atoms with Crippen molar-refractivity contribution in [1.29, 1.82) is 0 Å². The number of aliphatic carboxylic acids is 1. The Hall–Kier alpha value is -0.850. The van der Waals surface area contributed by atoms with E-state index in [1.165, 1.54) is 0 Å². The summed E-state index contributed by atoms with van der Waals surface area (Å²) in [4.78, 5) is 22.7. The maximum absolute atomic E-state index is 11.6. The number of nitrogens with two attached hydrogens (primary N) is 1. The van der Waals surface area contributed by atoms with E-state index in [1.54, 1.807) is 0 Å². The second-order valence-corrected chi connectivity index (χ2v) is 12.1. The number of ether oxygens (including phenoxy) is 1. The van der Waals surface area contributed by atoms with Crippen LogP contribution in [-0.4, -0.2) is 46.3 Å². The highest BCUT2D eigenvalue weighted by molar-refractivity contribution is 6.20. The Labute approximate surface area is 191 Å². The van der Waals surface area contributed by atoms with E-state index in [1.807, 2.05) is 0 Å². The highest BCUT2D eigenvalue weighted by atomic mass is 35.5. The highest BCUT2D eigenvalue weighted by Crippen LogP contribution is 2.62. The molecular formula is C24H40ClNO5. The molecule has 0 aromatic carbocycles. The van der Waals surface area contributed by atoms with Gasteiger partial charge in [0.2, 0.25) is 0 Å². The Morgan fingerprint density at radius 3 is 2.32 bits per heavy atom. The molecule has 2 bridgehead atoms. The third kappa shape index (κ3) is 4.13. The van der Waals surface area contributed by atoms with Crippen LogP contribution in [-0.2, 0) is 14.3 Å². The largest absolute Gasteiger partial charge is 0.480 e. The van der Waals surface area contributed by atoms with E-state index >= 15 is 0 Å². The lowest BCUT2D eigenvalue weighted by molar-refractivity contribution is -0.179. The number of aliphatic hydroxyl groups is 1. The van der Waals surface area contributed by atoms with Crippen LogP contribution in [0.1, 0.15) is 66.7 Å². The summed E-state index contributed by atoms with van der Waals surface area (Å²) < 4.78 is 5.18. The van der Waals surface area contributed by atoms with Gasteiger partial charge in [-0.15, -0.1) is 11.6 Å². The lowest BCUT2D eigenvalue weighted by Crippen LogP contribution is -2.61. The molecular weight excluding hydrogens is 418 g/mol. The van der Waals surface area contributed by atoms with Gasteiger partial charge < -0.3 is 20.7 Å². The number of carbonyl (C=O) groups is 2. The minimum absolute atomic E-state index is 0.122. The lowest BCUT2D eigenvalue weighted by Gasteiger charge is -2.60. The van der Waals surface area contributed by atoms with Crippen LogP contribution < -0.4 is 5.73 Å². The molecule has 0 aromatic heterocycles. The van der Waals surface area contributed by atoms with Crippen molar-refractivity contribution < 1.29 is 24.5 Å². The molecule has 11 atom stereocenters. The molecule has 0 heterocycles. The number of halogens is 1. The fraction of sp³-hybridized carbons (Fsp3) is 0.917. The van der Waals surface area contributed by atoms with Crippen molar-refractivity contribution >= 4 is 24.0 Å². The van der Waals surface area contributed by atoms with Crippen LogP contribution in [0.2, 0.25) is 0 Å². The van der Waals surface area contributed by atoms with Gasteiger partial charge in [-0.2, -0.15) is 0 Å². The second kappa shape index (κ2) is 8.83. The Morgan fingerprint density at radius 2 is 1.74 bits per heavy atom. The van der Waals surface area contributed by atoms with Gasteiger partial charge >= 0.3 is 5.97 Å². The maximum atomic E-state index is 11.6. The van der Waals surface area contributed by atoms with Gasteiger partial charge in [-0.1, -0.05) is 34.6 Å². The average molecular weight is 458 g/mol. The van der Waals surface area contributed by atoms with Crippen molar-refractivity contribution in [2.24, 2.45) is 52.1 Å². The third-order valence-corrected chi connectivity index (χ3v) is 10.1. The summed E-state index contributed by atoms with van der Waals surface area (Å²) in [6, 6.07) is -1.36. The van der Waals surface area contributed by atoms with Gasteiger partial charge in [0, 0.05) is 11.3 Å². The van der Waals surface area contributed by atoms with Crippen LogP contribution in [0.15, 0.2) is 0 Å². The molecule has 7 heteroatoms. The van der Waals surface area contributed by atoms with Crippen LogP contribution in [0.5, 0.6) is 0 Å². The molecule has 5 unspecified atom stereocenters. The van der Waals surface area contributed by atoms with Crippen LogP contribution >= 0.6 is 11.6 Å². The van der Waals surface area contributed by atoms with E-state index in [2.05, 4.69) is 34.6 Å². The number of hydrogen-bond donors (Lipinski definition) is 3. The van der Waals surface area contributed by atoms with Gasteiger partial charge in [-0.3, -0.25) is 9.59 Å². The SMILES string of the molecule is C[C@@H]1CC(C(OC=O)C(N)C(=O)O)C(O)[C@@]2(C)CC[C@H]3[C@H](C)CC(Cl)[C@@H](C[C@H]12)C3(C)C. The van der Waals surface area contributed by atoms with Gasteiger partial charge in [0.05, 0.1) is 6.10 Å². The molecule has 0 aromatic rings. The van der Waals surface area contributed by atoms with Gasteiger partial charge in [-0.05, 0) is 72.5 Å². The van der Waals surface area contributed by atoms with Crippen molar-refractivity contribution in [3.05, 3.63) is 0 Å². The zero-order valence-corrected chi connectivity index (χ0v) is 20.2. The zero-order valence-electron chi connectivity index (χ0n) is 19.5. The number of carboxylic acids is 1. The Morgan fingerprint density at radius 1 is 1.13 bits per heavy atom. The zero-order chi connectivity index (χ0) is 23.3. The summed E-state index contributed by atoms with van der Waals surface area (Å²) in [6.07, 6.45) is 2.57. The van der Waals surface area contributed by atoms with E-state index in [0.717, 1.165) is 25.7 Å². The van der Waals surface area contributed by atoms with Gasteiger partial charge in [0.25, 0.3) is 6.47 Å². The molecule has 4 N–H and O–H groups in total. The van der Waals surface area contributed by atoms with Crippen molar-refractivity contribution in [1.82, 2.24) is 0 Å². The second-order valence-electron chi connectivity index (χ2n) is 11.5. The van der Waals surface area contributed by atoms with Crippen LogP contribution in [0, 0.1) is 46.3 Å². The molecule has 3 aliphatic carbocycles. The molecule has 3 fully saturated rings. The first-order valence-corrected chi connectivity index (χ1v) is 12.2. The fourth-order valence-corrected chi connectivity index (χ4v) is 8.60. The minimum Gasteiger partial charge on any atom is -0.480 e. The molecule has 0 aliphatic heterocycles. The summed E-state index contributed by atoms with van der Waals surface area (Å²) in [5.41, 5.74) is 5.62. The molecule has 178 valence electrons. The summed E-state index contributed by atoms with van der Waals surface area (Å²) in [6.45, 7) is 11.6. The molecule has 3 aliphatic rings. The minimum atomic E-state index is -1.36. The number of aliphatic hydroxyl groups excluding tert-OH is 1. The Bertz CT molecular complexity index is 687. The molecule has 31 heavy (non-hydrogen) atoms. The molecule has 3 saturated carbocycles. The van der Waals surface area contributed by atoms with E-state index in [4.69, 9.17) is 22.1 Å². The van der Waals surface area contributed by atoms with Crippen molar-refractivity contribution in [3.63, 3.8) is 0 Å². The van der Waals surface area contributed by atoms with Crippen LogP contribution in [0.3, 0.4) is 0 Å². The smallest absolute Gasteiger partial charge is 0.324 e. The number of carboxylic acid groups (broad SMARTS) is 1. The monoisotopic (exact) mass is 457 g/mol. The average Bonchev–Trinajstić information content (AvgIpc) is 2.66. The standard InChI is InChI=1S/C24H40ClNO5/c1-12-8-14(20(31-11-27)19(26)22(29)30)21(28)24(5)7-6-15-13(2)9-18(25)17(10-16(12)24)23(15,3)4/h11-21,28H,6-10,26H2,1-5H3,(H,29,30)/t12-,13-,14?,15+,16-,17-,18?,19?,20?,21?,24+/m1/s1. The molecule has 6 nitrogen and oxygen atoms in total. The third-order valence-electron chi connectivity index (χ3n) is 9.67. The van der Waals surface area contributed by atoms with Crippen molar-refractivity contribution in [2.45, 2.75) is 90.3 Å². The van der Waals surface area contributed by atoms with E-state index in [-0.39, 0.29) is 29.1 Å². The Balaban J connectivity index is 1.97. The Kier molecular flexibility index (Phi) is 7.06. The maximum Gasteiger partial charge on any atom is 0.324 e. The van der Waals surface area contributed by atoms with Crippen molar-refractivity contribution in [3.8, 4) is 0 Å². The first-order valence-electron chi connectivity index (χ1n) is 11.8. The predicted molar refractivity (Wildman–Crippen MR) is 119 cm³/mol. The molecule has 3 rings (SSSR count). The predicted octanol–water partition coefficient (Wildman–Crippen LogP) is 3.67. The highest BCUT2D eigenvalue weighted by Gasteiger charge is 2.59. The number of rotatable bonds is 5. The first kappa shape index (κ1) is 24.8. The summed E-state index contributed by atoms with van der Waals surface area (Å²) in [5, 5.41) is 21.2.